The SMILES string of the molecule is CC(C)(C)CC(C)(C)Nc1c(-c2cc3cc(OCCF)ccc3o2)nc2cc(C#N)ccn12. The zero-order valence-electron chi connectivity index (χ0n) is 19.7. The van der Waals surface area contributed by atoms with Gasteiger partial charge in [-0.1, -0.05) is 20.8 Å². The Morgan fingerprint density at radius 3 is 2.64 bits per heavy atom. The predicted molar refractivity (Wildman–Crippen MR) is 128 cm³/mol. The molecule has 6 nitrogen and oxygen atoms in total. The third-order valence-corrected chi connectivity index (χ3v) is 5.25. The first-order chi connectivity index (χ1) is 15.6. The van der Waals surface area contributed by atoms with Gasteiger partial charge in [0.1, 0.15) is 41.8 Å². The molecule has 0 saturated heterocycles. The number of aromatic nitrogens is 2. The predicted octanol–water partition coefficient (Wildman–Crippen LogP) is 6.59. The number of furan rings is 1. The van der Waals surface area contributed by atoms with Gasteiger partial charge in [0.05, 0.1) is 11.6 Å². The van der Waals surface area contributed by atoms with Crippen LogP contribution in [0.15, 0.2) is 47.0 Å². The number of hydrogen-bond donors (Lipinski definition) is 1. The molecule has 3 aromatic heterocycles. The fourth-order valence-electron chi connectivity index (χ4n) is 4.48. The van der Waals surface area contributed by atoms with Crippen molar-refractivity contribution in [3.63, 3.8) is 0 Å². The third-order valence-electron chi connectivity index (χ3n) is 5.25. The molecule has 0 aliphatic carbocycles. The van der Waals surface area contributed by atoms with Gasteiger partial charge in [-0.15, -0.1) is 0 Å². The molecule has 1 aromatic carbocycles. The lowest BCUT2D eigenvalue weighted by Gasteiger charge is -2.34. The molecule has 7 heteroatoms. The maximum absolute atomic E-state index is 12.5. The highest BCUT2D eigenvalue weighted by molar-refractivity contribution is 5.86. The van der Waals surface area contributed by atoms with Crippen LogP contribution in [0.5, 0.6) is 5.75 Å². The van der Waals surface area contributed by atoms with Gasteiger partial charge in [-0.25, -0.2) is 9.37 Å². The summed E-state index contributed by atoms with van der Waals surface area (Å²) in [6, 6.07) is 13.0. The molecular weight excluding hydrogens is 419 g/mol. The molecule has 0 aliphatic heterocycles. The largest absolute Gasteiger partial charge is 0.491 e. The molecule has 0 unspecified atom stereocenters. The van der Waals surface area contributed by atoms with E-state index in [0.29, 0.717) is 34.0 Å². The lowest BCUT2D eigenvalue weighted by atomic mass is 9.82. The van der Waals surface area contributed by atoms with Gasteiger partial charge in [0.2, 0.25) is 0 Å². The molecule has 4 aromatic rings. The van der Waals surface area contributed by atoms with E-state index in [9.17, 15) is 9.65 Å². The summed E-state index contributed by atoms with van der Waals surface area (Å²) in [6.07, 6.45) is 2.78. The Bertz CT molecular complexity index is 1340. The number of ether oxygens (including phenoxy) is 1. The average molecular weight is 449 g/mol. The molecular formula is C26H29FN4O2. The van der Waals surface area contributed by atoms with Crippen molar-refractivity contribution in [2.45, 2.75) is 46.6 Å². The number of fused-ring (bicyclic) bond motifs is 2. The van der Waals surface area contributed by atoms with Gasteiger partial charge in [-0.3, -0.25) is 4.40 Å². The second-order valence-corrected chi connectivity index (χ2v) is 10.2. The van der Waals surface area contributed by atoms with E-state index in [1.54, 1.807) is 18.2 Å². The van der Waals surface area contributed by atoms with Crippen LogP contribution in [-0.4, -0.2) is 28.2 Å². The number of pyridine rings is 1. The molecule has 33 heavy (non-hydrogen) atoms. The van der Waals surface area contributed by atoms with Gasteiger partial charge in [0.15, 0.2) is 5.76 Å². The Morgan fingerprint density at radius 2 is 1.94 bits per heavy atom. The smallest absolute Gasteiger partial charge is 0.157 e. The number of anilines is 1. The zero-order valence-corrected chi connectivity index (χ0v) is 19.7. The van der Waals surface area contributed by atoms with E-state index >= 15 is 0 Å². The van der Waals surface area contributed by atoms with Crippen molar-refractivity contribution >= 4 is 22.4 Å². The van der Waals surface area contributed by atoms with E-state index in [0.717, 1.165) is 17.6 Å². The molecule has 4 rings (SSSR count). The van der Waals surface area contributed by atoms with Crippen molar-refractivity contribution in [2.24, 2.45) is 5.41 Å². The van der Waals surface area contributed by atoms with Crippen LogP contribution in [0.25, 0.3) is 28.1 Å². The highest BCUT2D eigenvalue weighted by Gasteiger charge is 2.29. The first-order valence-corrected chi connectivity index (χ1v) is 11.0. The Kier molecular flexibility index (Phi) is 5.79. The van der Waals surface area contributed by atoms with E-state index in [2.05, 4.69) is 46.0 Å². The van der Waals surface area contributed by atoms with Gasteiger partial charge in [0, 0.05) is 17.1 Å². The van der Waals surface area contributed by atoms with Crippen LogP contribution in [0.2, 0.25) is 0 Å². The molecule has 0 radical (unpaired) electrons. The second kappa shape index (κ2) is 8.43. The molecule has 0 atom stereocenters. The standard InChI is InChI=1S/C26H29FN4O2/c1-25(2,3)16-26(4,5)30-24-23(29-22-12-17(15-28)8-10-31(22)24)21-14-18-13-19(32-11-9-27)6-7-20(18)33-21/h6-8,10,12-14,30H,9,11,16H2,1-5H3. The summed E-state index contributed by atoms with van der Waals surface area (Å²) in [7, 11) is 0. The van der Waals surface area contributed by atoms with Crippen molar-refractivity contribution in [3.05, 3.63) is 48.2 Å². The number of imidazole rings is 1. The Hall–Kier alpha value is -3.53. The number of rotatable bonds is 7. The number of nitrogens with one attached hydrogen (secondary N) is 1. The lowest BCUT2D eigenvalue weighted by Crippen LogP contribution is -2.36. The van der Waals surface area contributed by atoms with Gasteiger partial charge in [-0.05, 0) is 62.1 Å². The minimum absolute atomic E-state index is 0.0147. The summed E-state index contributed by atoms with van der Waals surface area (Å²) in [5, 5.41) is 13.9. The van der Waals surface area contributed by atoms with Crippen molar-refractivity contribution in [1.82, 2.24) is 9.38 Å². The number of alkyl halides is 1. The number of nitriles is 1. The van der Waals surface area contributed by atoms with Crippen LogP contribution in [0, 0.1) is 16.7 Å². The topological polar surface area (TPSA) is 75.5 Å². The average Bonchev–Trinajstić information content (AvgIpc) is 3.30. The van der Waals surface area contributed by atoms with Crippen molar-refractivity contribution in [2.75, 3.05) is 18.6 Å². The quantitative estimate of drug-likeness (QED) is 0.345. The molecule has 172 valence electrons. The van der Waals surface area contributed by atoms with E-state index in [-0.39, 0.29) is 17.6 Å². The number of hydrogen-bond acceptors (Lipinski definition) is 5. The van der Waals surface area contributed by atoms with Crippen LogP contribution in [0.1, 0.15) is 46.6 Å². The Labute approximate surface area is 193 Å². The van der Waals surface area contributed by atoms with Crippen LogP contribution in [-0.2, 0) is 0 Å². The number of nitrogens with zero attached hydrogens (tertiary/aromatic N) is 3. The van der Waals surface area contributed by atoms with Crippen LogP contribution in [0.4, 0.5) is 10.2 Å². The van der Waals surface area contributed by atoms with Gasteiger partial charge in [-0.2, -0.15) is 5.26 Å². The zero-order chi connectivity index (χ0) is 23.8. The molecule has 0 saturated carbocycles. The fraction of sp³-hybridized carbons (Fsp3) is 0.385. The Balaban J connectivity index is 1.82. The molecule has 0 amide bonds. The molecule has 0 bridgehead atoms. The maximum Gasteiger partial charge on any atom is 0.157 e. The molecule has 1 N–H and O–H groups in total. The number of halogens is 1. The molecule has 3 heterocycles. The normalized spacial score (nSPS) is 12.3. The van der Waals surface area contributed by atoms with E-state index in [1.807, 2.05) is 28.8 Å². The highest BCUT2D eigenvalue weighted by atomic mass is 19.1. The van der Waals surface area contributed by atoms with Crippen LogP contribution >= 0.6 is 0 Å². The third kappa shape index (κ3) is 4.95. The van der Waals surface area contributed by atoms with Crippen molar-refractivity contribution < 1.29 is 13.5 Å². The van der Waals surface area contributed by atoms with Gasteiger partial charge in [0.25, 0.3) is 0 Å². The first kappa shape index (κ1) is 22.7. The molecule has 0 spiro atoms. The number of benzene rings is 1. The van der Waals surface area contributed by atoms with Crippen LogP contribution < -0.4 is 10.1 Å². The first-order valence-electron chi connectivity index (χ1n) is 11.0. The van der Waals surface area contributed by atoms with Crippen molar-refractivity contribution in [1.29, 1.82) is 5.26 Å². The summed E-state index contributed by atoms with van der Waals surface area (Å²) in [6.45, 7) is 10.4. The maximum atomic E-state index is 12.5. The summed E-state index contributed by atoms with van der Waals surface area (Å²) in [4.78, 5) is 4.81. The highest BCUT2D eigenvalue weighted by Crippen LogP contribution is 2.37. The molecule has 0 aliphatic rings. The Morgan fingerprint density at radius 1 is 1.15 bits per heavy atom. The molecule has 0 fully saturated rings. The van der Waals surface area contributed by atoms with Gasteiger partial charge >= 0.3 is 0 Å². The van der Waals surface area contributed by atoms with E-state index in [4.69, 9.17) is 14.1 Å². The fourth-order valence-corrected chi connectivity index (χ4v) is 4.48. The van der Waals surface area contributed by atoms with Crippen LogP contribution in [0.3, 0.4) is 0 Å². The lowest BCUT2D eigenvalue weighted by molar-refractivity contribution is 0.273. The summed E-state index contributed by atoms with van der Waals surface area (Å²) in [5.41, 5.74) is 2.45. The summed E-state index contributed by atoms with van der Waals surface area (Å²) in [5.74, 6) is 1.99. The van der Waals surface area contributed by atoms with E-state index < -0.39 is 6.67 Å². The van der Waals surface area contributed by atoms with Crippen molar-refractivity contribution in [3.8, 4) is 23.3 Å². The van der Waals surface area contributed by atoms with E-state index in [1.165, 1.54) is 0 Å². The minimum atomic E-state index is -0.542. The summed E-state index contributed by atoms with van der Waals surface area (Å²) >= 11 is 0. The minimum Gasteiger partial charge on any atom is -0.491 e. The monoisotopic (exact) mass is 448 g/mol. The summed E-state index contributed by atoms with van der Waals surface area (Å²) < 4.78 is 26.0. The second-order valence-electron chi connectivity index (χ2n) is 10.2. The van der Waals surface area contributed by atoms with Gasteiger partial charge < -0.3 is 14.5 Å².